The molecular weight excluding hydrogens is 306 g/mol. The van der Waals surface area contributed by atoms with Crippen molar-refractivity contribution in [3.05, 3.63) is 36.5 Å². The normalized spacial score (nSPS) is 17.6. The first kappa shape index (κ1) is 16.2. The van der Waals surface area contributed by atoms with Crippen molar-refractivity contribution >= 4 is 11.8 Å². The second-order valence-corrected chi connectivity index (χ2v) is 6.10. The van der Waals surface area contributed by atoms with Crippen molar-refractivity contribution in [2.75, 3.05) is 25.0 Å². The first-order valence-corrected chi connectivity index (χ1v) is 8.13. The highest BCUT2D eigenvalue weighted by Crippen LogP contribution is 2.19. The van der Waals surface area contributed by atoms with Gasteiger partial charge in [-0.15, -0.1) is 0 Å². The van der Waals surface area contributed by atoms with Crippen LogP contribution in [-0.4, -0.2) is 56.9 Å². The molecule has 8 nitrogen and oxygen atoms in total. The number of hydrogen-bond donors (Lipinski definition) is 1. The van der Waals surface area contributed by atoms with Crippen LogP contribution in [0.4, 0.5) is 10.6 Å². The fourth-order valence-corrected chi connectivity index (χ4v) is 2.99. The SMILES string of the molecule is CN(Cc1cnccn1)C(=O)NC1CCCN(c2ccnn2C)C1. The molecule has 0 aliphatic carbocycles. The van der Waals surface area contributed by atoms with Gasteiger partial charge in [-0.3, -0.25) is 14.6 Å². The highest BCUT2D eigenvalue weighted by Gasteiger charge is 2.24. The minimum atomic E-state index is -0.0856. The van der Waals surface area contributed by atoms with Gasteiger partial charge in [-0.05, 0) is 12.8 Å². The summed E-state index contributed by atoms with van der Waals surface area (Å²) < 4.78 is 1.87. The molecule has 1 unspecified atom stereocenters. The number of hydrogen-bond acceptors (Lipinski definition) is 5. The number of aryl methyl sites for hydroxylation is 1. The molecule has 1 N–H and O–H groups in total. The molecule has 0 saturated carbocycles. The lowest BCUT2D eigenvalue weighted by atomic mass is 10.1. The number of amides is 2. The monoisotopic (exact) mass is 329 g/mol. The van der Waals surface area contributed by atoms with Gasteiger partial charge in [-0.2, -0.15) is 5.10 Å². The quantitative estimate of drug-likeness (QED) is 0.906. The first-order chi connectivity index (χ1) is 11.6. The Kier molecular flexibility index (Phi) is 4.93. The Morgan fingerprint density at radius 1 is 1.42 bits per heavy atom. The van der Waals surface area contributed by atoms with E-state index in [9.17, 15) is 4.79 Å². The lowest BCUT2D eigenvalue weighted by Crippen LogP contribution is -2.51. The van der Waals surface area contributed by atoms with Crippen LogP contribution in [0.25, 0.3) is 0 Å². The smallest absolute Gasteiger partial charge is 0.317 e. The maximum atomic E-state index is 12.4. The fourth-order valence-electron chi connectivity index (χ4n) is 2.99. The third-order valence-electron chi connectivity index (χ3n) is 4.23. The molecule has 1 fully saturated rings. The van der Waals surface area contributed by atoms with Gasteiger partial charge in [-0.1, -0.05) is 0 Å². The molecule has 128 valence electrons. The summed E-state index contributed by atoms with van der Waals surface area (Å²) in [6.45, 7) is 2.23. The van der Waals surface area contributed by atoms with E-state index in [1.807, 2.05) is 17.8 Å². The molecule has 0 bridgehead atoms. The van der Waals surface area contributed by atoms with Gasteiger partial charge in [0.2, 0.25) is 0 Å². The summed E-state index contributed by atoms with van der Waals surface area (Å²) in [6.07, 6.45) is 8.76. The average molecular weight is 329 g/mol. The van der Waals surface area contributed by atoms with Crippen LogP contribution in [0, 0.1) is 0 Å². The van der Waals surface area contributed by atoms with E-state index in [2.05, 4.69) is 25.3 Å². The summed E-state index contributed by atoms with van der Waals surface area (Å²) >= 11 is 0. The fraction of sp³-hybridized carbons (Fsp3) is 0.500. The third kappa shape index (κ3) is 3.81. The molecule has 0 spiro atoms. The summed E-state index contributed by atoms with van der Waals surface area (Å²) in [4.78, 5) is 24.5. The Morgan fingerprint density at radius 3 is 3.00 bits per heavy atom. The Morgan fingerprint density at radius 2 is 2.29 bits per heavy atom. The second-order valence-electron chi connectivity index (χ2n) is 6.10. The zero-order valence-electron chi connectivity index (χ0n) is 14.1. The van der Waals surface area contributed by atoms with Crippen molar-refractivity contribution in [3.8, 4) is 0 Å². The molecule has 2 aromatic rings. The van der Waals surface area contributed by atoms with E-state index < -0.39 is 0 Å². The Balaban J connectivity index is 1.55. The number of nitrogens with zero attached hydrogens (tertiary/aromatic N) is 6. The number of carbonyl (C=O) groups is 1. The molecule has 1 aliphatic heterocycles. The van der Waals surface area contributed by atoms with Crippen LogP contribution in [-0.2, 0) is 13.6 Å². The van der Waals surface area contributed by atoms with Gasteiger partial charge in [0.15, 0.2) is 0 Å². The van der Waals surface area contributed by atoms with Crippen molar-refractivity contribution in [1.29, 1.82) is 0 Å². The maximum absolute atomic E-state index is 12.4. The summed E-state index contributed by atoms with van der Waals surface area (Å²) in [5.41, 5.74) is 0.773. The van der Waals surface area contributed by atoms with Crippen LogP contribution < -0.4 is 10.2 Å². The zero-order chi connectivity index (χ0) is 16.9. The van der Waals surface area contributed by atoms with Gasteiger partial charge in [0.05, 0.1) is 24.6 Å². The molecule has 0 radical (unpaired) electrons. The Hall–Kier alpha value is -2.64. The molecule has 2 aromatic heterocycles. The summed E-state index contributed by atoms with van der Waals surface area (Å²) in [7, 11) is 3.71. The number of nitrogens with one attached hydrogen (secondary N) is 1. The molecule has 24 heavy (non-hydrogen) atoms. The molecule has 8 heteroatoms. The molecule has 0 aromatic carbocycles. The van der Waals surface area contributed by atoms with Crippen LogP contribution in [0.2, 0.25) is 0 Å². The van der Waals surface area contributed by atoms with Crippen molar-refractivity contribution in [3.63, 3.8) is 0 Å². The minimum Gasteiger partial charge on any atom is -0.355 e. The van der Waals surface area contributed by atoms with E-state index in [-0.39, 0.29) is 12.1 Å². The zero-order valence-corrected chi connectivity index (χ0v) is 14.1. The number of rotatable bonds is 4. The van der Waals surface area contributed by atoms with Gasteiger partial charge in [0, 0.05) is 51.7 Å². The van der Waals surface area contributed by atoms with Crippen LogP contribution in [0.3, 0.4) is 0 Å². The van der Waals surface area contributed by atoms with Gasteiger partial charge < -0.3 is 15.1 Å². The average Bonchev–Trinajstić information content (AvgIpc) is 3.02. The number of aromatic nitrogens is 4. The first-order valence-electron chi connectivity index (χ1n) is 8.13. The predicted molar refractivity (Wildman–Crippen MR) is 90.5 cm³/mol. The topological polar surface area (TPSA) is 79.2 Å². The lowest BCUT2D eigenvalue weighted by molar-refractivity contribution is 0.200. The van der Waals surface area contributed by atoms with E-state index in [0.717, 1.165) is 37.4 Å². The molecule has 2 amide bonds. The minimum absolute atomic E-state index is 0.0856. The molecule has 1 saturated heterocycles. The van der Waals surface area contributed by atoms with Crippen molar-refractivity contribution < 1.29 is 4.79 Å². The Labute approximate surface area is 141 Å². The van der Waals surface area contributed by atoms with E-state index in [0.29, 0.717) is 6.54 Å². The van der Waals surface area contributed by atoms with E-state index in [4.69, 9.17) is 0 Å². The van der Waals surface area contributed by atoms with E-state index in [1.165, 1.54) is 0 Å². The molecule has 1 atom stereocenters. The standard InChI is InChI=1S/C16H23N7O/c1-21(11-14-10-17-7-8-18-14)16(24)20-13-4-3-9-23(12-13)15-5-6-19-22(15)2/h5-8,10,13H,3-4,9,11-12H2,1-2H3,(H,20,24). The number of carbonyl (C=O) groups excluding carboxylic acids is 1. The Bertz CT molecular complexity index is 672. The van der Waals surface area contributed by atoms with Crippen molar-refractivity contribution in [2.24, 2.45) is 7.05 Å². The van der Waals surface area contributed by atoms with E-state index >= 15 is 0 Å². The van der Waals surface area contributed by atoms with Gasteiger partial charge in [0.1, 0.15) is 5.82 Å². The van der Waals surface area contributed by atoms with Crippen LogP contribution in [0.5, 0.6) is 0 Å². The van der Waals surface area contributed by atoms with Gasteiger partial charge in [0.25, 0.3) is 0 Å². The van der Waals surface area contributed by atoms with Crippen molar-refractivity contribution in [1.82, 2.24) is 30.0 Å². The highest BCUT2D eigenvalue weighted by atomic mass is 16.2. The summed E-state index contributed by atoms with van der Waals surface area (Å²) in [5, 5.41) is 7.34. The van der Waals surface area contributed by atoms with E-state index in [1.54, 1.807) is 36.7 Å². The maximum Gasteiger partial charge on any atom is 0.317 e. The number of urea groups is 1. The summed E-state index contributed by atoms with van der Waals surface area (Å²) in [5.74, 6) is 1.09. The number of anilines is 1. The second kappa shape index (κ2) is 7.29. The third-order valence-corrected chi connectivity index (χ3v) is 4.23. The lowest BCUT2D eigenvalue weighted by Gasteiger charge is -2.35. The van der Waals surface area contributed by atoms with Gasteiger partial charge in [-0.25, -0.2) is 4.79 Å². The highest BCUT2D eigenvalue weighted by molar-refractivity contribution is 5.74. The molecule has 3 rings (SSSR count). The van der Waals surface area contributed by atoms with Gasteiger partial charge >= 0.3 is 6.03 Å². The molecule has 3 heterocycles. The molecular formula is C16H23N7O. The van der Waals surface area contributed by atoms with Crippen LogP contribution >= 0.6 is 0 Å². The largest absolute Gasteiger partial charge is 0.355 e. The summed E-state index contributed by atoms with van der Waals surface area (Å²) in [6, 6.07) is 2.05. The van der Waals surface area contributed by atoms with Crippen LogP contribution in [0.1, 0.15) is 18.5 Å². The van der Waals surface area contributed by atoms with Crippen LogP contribution in [0.15, 0.2) is 30.9 Å². The molecule has 1 aliphatic rings. The van der Waals surface area contributed by atoms with Crippen molar-refractivity contribution in [2.45, 2.75) is 25.4 Å². The predicted octanol–water partition coefficient (Wildman–Crippen LogP) is 1.02. The number of piperidine rings is 1.